The van der Waals surface area contributed by atoms with Crippen LogP contribution in [0.4, 0.5) is 0 Å². The van der Waals surface area contributed by atoms with Crippen molar-refractivity contribution in [2.45, 2.75) is 38.8 Å². The monoisotopic (exact) mass is 295 g/mol. The normalized spacial score (nSPS) is 12.4. The van der Waals surface area contributed by atoms with Gasteiger partial charge in [-0.2, -0.15) is 0 Å². The largest absolute Gasteiger partial charge is 0.337 e. The minimum Gasteiger partial charge on any atom is -0.337 e. The van der Waals surface area contributed by atoms with Gasteiger partial charge >= 0.3 is 0 Å². The SMILES string of the molecule is CC(Cc1cn(CCCn2ccnc2)nn1)c1ccccc1. The van der Waals surface area contributed by atoms with Crippen molar-refractivity contribution in [2.24, 2.45) is 0 Å². The highest BCUT2D eigenvalue weighted by atomic mass is 15.4. The lowest BCUT2D eigenvalue weighted by Crippen LogP contribution is -2.03. The van der Waals surface area contributed by atoms with Gasteiger partial charge in [-0.05, 0) is 24.3 Å². The Hall–Kier alpha value is -2.43. The second-order valence-electron chi connectivity index (χ2n) is 5.64. The Morgan fingerprint density at radius 3 is 2.77 bits per heavy atom. The lowest BCUT2D eigenvalue weighted by atomic mass is 9.97. The summed E-state index contributed by atoms with van der Waals surface area (Å²) in [6.45, 7) is 4.06. The first-order valence-corrected chi connectivity index (χ1v) is 7.71. The summed E-state index contributed by atoms with van der Waals surface area (Å²) in [6, 6.07) is 10.5. The predicted molar refractivity (Wildman–Crippen MR) is 85.4 cm³/mol. The number of rotatable bonds is 7. The fraction of sp³-hybridized carbons (Fsp3) is 0.353. The van der Waals surface area contributed by atoms with Crippen LogP contribution in [0.3, 0.4) is 0 Å². The predicted octanol–water partition coefficient (Wildman–Crippen LogP) is 2.91. The smallest absolute Gasteiger partial charge is 0.0945 e. The zero-order chi connectivity index (χ0) is 15.2. The Morgan fingerprint density at radius 1 is 1.14 bits per heavy atom. The Kier molecular flexibility index (Phi) is 4.63. The lowest BCUT2D eigenvalue weighted by molar-refractivity contribution is 0.514. The molecule has 114 valence electrons. The summed E-state index contributed by atoms with van der Waals surface area (Å²) in [5.41, 5.74) is 2.40. The first kappa shape index (κ1) is 14.5. The number of aryl methyl sites for hydroxylation is 2. The molecule has 0 aliphatic rings. The van der Waals surface area contributed by atoms with E-state index < -0.39 is 0 Å². The maximum atomic E-state index is 4.29. The Balaban J connectivity index is 1.50. The van der Waals surface area contributed by atoms with Crippen LogP contribution in [0.15, 0.2) is 55.2 Å². The van der Waals surface area contributed by atoms with Crippen LogP contribution in [0, 0.1) is 0 Å². The van der Waals surface area contributed by atoms with Crippen LogP contribution in [0.2, 0.25) is 0 Å². The van der Waals surface area contributed by atoms with Crippen LogP contribution in [0.25, 0.3) is 0 Å². The van der Waals surface area contributed by atoms with Gasteiger partial charge in [0, 0.05) is 31.7 Å². The molecule has 5 nitrogen and oxygen atoms in total. The van der Waals surface area contributed by atoms with Crippen molar-refractivity contribution < 1.29 is 0 Å². The highest BCUT2D eigenvalue weighted by Gasteiger charge is 2.09. The topological polar surface area (TPSA) is 48.5 Å². The van der Waals surface area contributed by atoms with E-state index in [0.717, 1.165) is 31.6 Å². The summed E-state index contributed by atoms with van der Waals surface area (Å²) < 4.78 is 4.01. The average Bonchev–Trinajstić information content (AvgIpc) is 3.20. The third-order valence-electron chi connectivity index (χ3n) is 3.83. The van der Waals surface area contributed by atoms with E-state index in [1.54, 1.807) is 6.20 Å². The van der Waals surface area contributed by atoms with Crippen LogP contribution in [0.1, 0.15) is 30.5 Å². The number of benzene rings is 1. The van der Waals surface area contributed by atoms with E-state index in [1.165, 1.54) is 5.56 Å². The summed E-state index contributed by atoms with van der Waals surface area (Å²) in [7, 11) is 0. The average molecular weight is 295 g/mol. The fourth-order valence-corrected chi connectivity index (χ4v) is 2.59. The van der Waals surface area contributed by atoms with Crippen molar-refractivity contribution in [1.82, 2.24) is 24.5 Å². The van der Waals surface area contributed by atoms with Crippen molar-refractivity contribution in [3.8, 4) is 0 Å². The van der Waals surface area contributed by atoms with E-state index in [2.05, 4.69) is 57.2 Å². The molecule has 0 saturated carbocycles. The van der Waals surface area contributed by atoms with Crippen LogP contribution in [-0.4, -0.2) is 24.5 Å². The maximum absolute atomic E-state index is 4.29. The molecule has 1 aromatic carbocycles. The number of aromatic nitrogens is 5. The molecule has 0 N–H and O–H groups in total. The quantitative estimate of drug-likeness (QED) is 0.673. The van der Waals surface area contributed by atoms with Gasteiger partial charge in [0.15, 0.2) is 0 Å². The van der Waals surface area contributed by atoms with Gasteiger partial charge < -0.3 is 4.57 Å². The molecule has 0 radical (unpaired) electrons. The number of hydrogen-bond acceptors (Lipinski definition) is 3. The van der Waals surface area contributed by atoms with Gasteiger partial charge in [0.1, 0.15) is 0 Å². The number of nitrogens with zero attached hydrogens (tertiary/aromatic N) is 5. The van der Waals surface area contributed by atoms with Crippen molar-refractivity contribution in [3.63, 3.8) is 0 Å². The highest BCUT2D eigenvalue weighted by Crippen LogP contribution is 2.18. The van der Waals surface area contributed by atoms with E-state index in [-0.39, 0.29) is 0 Å². The Morgan fingerprint density at radius 2 is 2.00 bits per heavy atom. The zero-order valence-corrected chi connectivity index (χ0v) is 12.8. The number of imidazole rings is 1. The fourth-order valence-electron chi connectivity index (χ4n) is 2.59. The molecule has 3 rings (SSSR count). The first-order chi connectivity index (χ1) is 10.8. The maximum Gasteiger partial charge on any atom is 0.0945 e. The van der Waals surface area contributed by atoms with Gasteiger partial charge in [-0.15, -0.1) is 5.10 Å². The van der Waals surface area contributed by atoms with E-state index in [4.69, 9.17) is 0 Å². The molecule has 5 heteroatoms. The summed E-state index contributed by atoms with van der Waals surface area (Å²) in [4.78, 5) is 4.04. The van der Waals surface area contributed by atoms with Crippen LogP contribution in [-0.2, 0) is 19.5 Å². The summed E-state index contributed by atoms with van der Waals surface area (Å²) in [5, 5.41) is 8.51. The third-order valence-corrected chi connectivity index (χ3v) is 3.83. The first-order valence-electron chi connectivity index (χ1n) is 7.71. The summed E-state index contributed by atoms with van der Waals surface area (Å²) >= 11 is 0. The Labute approximate surface area is 130 Å². The summed E-state index contributed by atoms with van der Waals surface area (Å²) in [5.74, 6) is 0.456. The van der Waals surface area contributed by atoms with Crippen molar-refractivity contribution in [1.29, 1.82) is 0 Å². The molecule has 2 heterocycles. The van der Waals surface area contributed by atoms with E-state index in [1.807, 2.05) is 23.3 Å². The van der Waals surface area contributed by atoms with E-state index >= 15 is 0 Å². The van der Waals surface area contributed by atoms with Gasteiger partial charge in [-0.25, -0.2) is 4.98 Å². The van der Waals surface area contributed by atoms with Crippen molar-refractivity contribution in [3.05, 3.63) is 66.5 Å². The molecule has 22 heavy (non-hydrogen) atoms. The van der Waals surface area contributed by atoms with E-state index in [0.29, 0.717) is 5.92 Å². The molecular weight excluding hydrogens is 274 g/mol. The lowest BCUT2D eigenvalue weighted by Gasteiger charge is -2.09. The summed E-state index contributed by atoms with van der Waals surface area (Å²) in [6.07, 6.45) is 9.63. The molecule has 2 aromatic heterocycles. The molecular formula is C17H21N5. The molecule has 0 saturated heterocycles. The van der Waals surface area contributed by atoms with Crippen LogP contribution < -0.4 is 0 Å². The minimum absolute atomic E-state index is 0.456. The molecule has 3 aromatic rings. The third kappa shape index (κ3) is 3.81. The molecule has 0 aliphatic carbocycles. The molecule has 1 atom stereocenters. The van der Waals surface area contributed by atoms with Crippen LogP contribution >= 0.6 is 0 Å². The van der Waals surface area contributed by atoms with E-state index in [9.17, 15) is 0 Å². The van der Waals surface area contributed by atoms with Gasteiger partial charge in [-0.3, -0.25) is 4.68 Å². The highest BCUT2D eigenvalue weighted by molar-refractivity contribution is 5.20. The molecule has 0 bridgehead atoms. The van der Waals surface area contributed by atoms with Gasteiger partial charge in [0.25, 0.3) is 0 Å². The Bertz CT molecular complexity index is 672. The van der Waals surface area contributed by atoms with Gasteiger partial charge in [-0.1, -0.05) is 42.5 Å². The molecule has 0 spiro atoms. The van der Waals surface area contributed by atoms with Crippen molar-refractivity contribution >= 4 is 0 Å². The molecule has 0 aliphatic heterocycles. The molecule has 0 amide bonds. The minimum atomic E-state index is 0.456. The second kappa shape index (κ2) is 7.02. The van der Waals surface area contributed by atoms with Crippen molar-refractivity contribution in [2.75, 3.05) is 0 Å². The van der Waals surface area contributed by atoms with Crippen LogP contribution in [0.5, 0.6) is 0 Å². The van der Waals surface area contributed by atoms with Gasteiger partial charge in [0.05, 0.1) is 12.0 Å². The number of hydrogen-bond donors (Lipinski definition) is 0. The van der Waals surface area contributed by atoms with Gasteiger partial charge in [0.2, 0.25) is 0 Å². The zero-order valence-electron chi connectivity index (χ0n) is 12.8. The second-order valence-corrected chi connectivity index (χ2v) is 5.64. The standard InChI is InChI=1S/C17H21N5/c1-15(16-6-3-2-4-7-16)12-17-13-22(20-19-17)10-5-9-21-11-8-18-14-21/h2-4,6-8,11,13-15H,5,9-10,12H2,1H3. The molecule has 1 unspecified atom stereocenters. The molecule has 0 fully saturated rings.